The molecule has 3 heteroatoms. The van der Waals surface area contributed by atoms with Crippen LogP contribution in [0.15, 0.2) is 0 Å². The smallest absolute Gasteiger partial charge is 0.108 e. The summed E-state index contributed by atoms with van der Waals surface area (Å²) in [5.41, 5.74) is -0.910. The van der Waals surface area contributed by atoms with Gasteiger partial charge in [-0.05, 0) is 32.6 Å². The Bertz CT molecular complexity index is 107. The highest BCUT2D eigenvalue weighted by molar-refractivity contribution is 7.97. The lowest BCUT2D eigenvalue weighted by atomic mass is 9.88. The summed E-state index contributed by atoms with van der Waals surface area (Å²) < 4.78 is 13.1. The average molecular weight is 193 g/mol. The first-order valence-corrected chi connectivity index (χ1v) is 5.63. The van der Waals surface area contributed by atoms with E-state index in [1.165, 1.54) is 11.9 Å². The van der Waals surface area contributed by atoms with Crippen molar-refractivity contribution in [3.8, 4) is 0 Å². The largest absolute Gasteiger partial charge is 0.278 e. The highest BCUT2D eigenvalue weighted by Gasteiger charge is 2.30. The van der Waals surface area contributed by atoms with Gasteiger partial charge in [-0.3, -0.25) is 5.14 Å². The summed E-state index contributed by atoms with van der Waals surface area (Å²) in [7, 11) is 0. The van der Waals surface area contributed by atoms with Gasteiger partial charge >= 0.3 is 0 Å². The fourth-order valence-corrected chi connectivity index (χ4v) is 1.84. The Morgan fingerprint density at radius 1 is 1.33 bits per heavy atom. The summed E-state index contributed by atoms with van der Waals surface area (Å²) >= 11 is 1.38. The zero-order valence-corrected chi connectivity index (χ0v) is 9.09. The predicted octanol–water partition coefficient (Wildman–Crippen LogP) is 3.29. The van der Waals surface area contributed by atoms with E-state index < -0.39 is 5.67 Å². The molecule has 0 saturated heterocycles. The quantitative estimate of drug-likeness (QED) is 0.647. The summed E-state index contributed by atoms with van der Waals surface area (Å²) in [6, 6.07) is 0. The fourth-order valence-electron chi connectivity index (χ4n) is 1.33. The Kier molecular flexibility index (Phi) is 5.93. The van der Waals surface area contributed by atoms with Crippen LogP contribution in [0.5, 0.6) is 0 Å². The van der Waals surface area contributed by atoms with E-state index in [-0.39, 0.29) is 0 Å². The first kappa shape index (κ1) is 12.2. The van der Waals surface area contributed by atoms with Crippen LogP contribution in [0.4, 0.5) is 4.39 Å². The van der Waals surface area contributed by atoms with Crippen molar-refractivity contribution in [1.82, 2.24) is 0 Å². The summed E-state index contributed by atoms with van der Waals surface area (Å²) in [5, 5.41) is 5.89. The normalized spacial score (nSPS) is 35.2. The van der Waals surface area contributed by atoms with Crippen LogP contribution in [0.25, 0.3) is 0 Å². The Morgan fingerprint density at radius 2 is 1.75 bits per heavy atom. The maximum absolute atomic E-state index is 13.1. The van der Waals surface area contributed by atoms with Gasteiger partial charge in [0.05, 0.1) is 0 Å². The highest BCUT2D eigenvalue weighted by atomic mass is 32.2. The van der Waals surface area contributed by atoms with Crippen LogP contribution in [0.1, 0.15) is 46.5 Å². The van der Waals surface area contributed by atoms with E-state index in [1.54, 1.807) is 6.92 Å². The standard InChI is InChI=1S/C7H14FNS.C2H6/c1-7(8)4-2-6(10-9)3-5-7;1-2/h6H,2-5,9H2,1H3;1-2H3. The van der Waals surface area contributed by atoms with Crippen LogP contribution in [0.2, 0.25) is 0 Å². The third-order valence-corrected chi connectivity index (χ3v) is 3.02. The minimum Gasteiger partial charge on any atom is -0.278 e. The van der Waals surface area contributed by atoms with E-state index in [9.17, 15) is 4.39 Å². The SMILES string of the molecule is CC.CC1(F)CCC(SN)CC1. The summed E-state index contributed by atoms with van der Waals surface area (Å²) in [6.07, 6.45) is 3.24. The minimum absolute atomic E-state index is 0.504. The first-order chi connectivity index (χ1) is 5.64. The van der Waals surface area contributed by atoms with Crippen molar-refractivity contribution in [2.45, 2.75) is 57.4 Å². The molecule has 0 aliphatic heterocycles. The van der Waals surface area contributed by atoms with E-state index >= 15 is 0 Å². The molecule has 0 heterocycles. The molecule has 1 nitrogen and oxygen atoms in total. The second kappa shape index (κ2) is 5.81. The maximum Gasteiger partial charge on any atom is 0.108 e. The molecule has 0 atom stereocenters. The van der Waals surface area contributed by atoms with Crippen LogP contribution in [-0.4, -0.2) is 10.9 Å². The van der Waals surface area contributed by atoms with E-state index in [4.69, 9.17) is 5.14 Å². The molecule has 12 heavy (non-hydrogen) atoms. The van der Waals surface area contributed by atoms with E-state index in [1.807, 2.05) is 13.8 Å². The number of nitrogens with two attached hydrogens (primary N) is 1. The minimum atomic E-state index is -0.910. The van der Waals surface area contributed by atoms with Crippen LogP contribution in [0.3, 0.4) is 0 Å². The molecule has 0 unspecified atom stereocenters. The van der Waals surface area contributed by atoms with Gasteiger partial charge in [-0.1, -0.05) is 25.8 Å². The van der Waals surface area contributed by atoms with E-state index in [0.717, 1.165) is 12.8 Å². The molecular formula is C9H20FNS. The Labute approximate surface area is 79.4 Å². The summed E-state index contributed by atoms with van der Waals surface area (Å²) in [6.45, 7) is 5.68. The van der Waals surface area contributed by atoms with Crippen molar-refractivity contribution in [3.63, 3.8) is 0 Å². The molecule has 0 radical (unpaired) electrons. The monoisotopic (exact) mass is 193 g/mol. The third-order valence-electron chi connectivity index (χ3n) is 2.17. The topological polar surface area (TPSA) is 26.0 Å². The lowest BCUT2D eigenvalue weighted by molar-refractivity contribution is 0.132. The van der Waals surface area contributed by atoms with Gasteiger partial charge < -0.3 is 0 Å². The van der Waals surface area contributed by atoms with Crippen molar-refractivity contribution >= 4 is 11.9 Å². The molecule has 0 aromatic carbocycles. The predicted molar refractivity (Wildman–Crippen MR) is 54.9 cm³/mol. The number of halogens is 1. The van der Waals surface area contributed by atoms with Crippen molar-refractivity contribution in [2.75, 3.05) is 0 Å². The molecule has 0 spiro atoms. The van der Waals surface area contributed by atoms with Crippen LogP contribution >= 0.6 is 11.9 Å². The van der Waals surface area contributed by atoms with Gasteiger partial charge in [0, 0.05) is 5.25 Å². The van der Waals surface area contributed by atoms with Gasteiger partial charge in [0.25, 0.3) is 0 Å². The summed E-state index contributed by atoms with van der Waals surface area (Å²) in [5.74, 6) is 0. The van der Waals surface area contributed by atoms with Crippen LogP contribution in [0, 0.1) is 0 Å². The fraction of sp³-hybridized carbons (Fsp3) is 1.00. The maximum atomic E-state index is 13.1. The number of hydrogen-bond acceptors (Lipinski definition) is 2. The van der Waals surface area contributed by atoms with E-state index in [2.05, 4.69) is 0 Å². The van der Waals surface area contributed by atoms with Crippen molar-refractivity contribution in [3.05, 3.63) is 0 Å². The zero-order chi connectivity index (χ0) is 9.61. The molecule has 0 aromatic rings. The molecule has 1 aliphatic carbocycles. The van der Waals surface area contributed by atoms with Crippen LogP contribution < -0.4 is 5.14 Å². The molecule has 1 fully saturated rings. The lowest BCUT2D eigenvalue weighted by Gasteiger charge is -2.29. The average Bonchev–Trinajstić information content (AvgIpc) is 2.08. The van der Waals surface area contributed by atoms with Crippen molar-refractivity contribution < 1.29 is 4.39 Å². The number of hydrogen-bond donors (Lipinski definition) is 1. The van der Waals surface area contributed by atoms with Gasteiger partial charge in [-0.15, -0.1) is 0 Å². The van der Waals surface area contributed by atoms with Gasteiger partial charge in [0.2, 0.25) is 0 Å². The van der Waals surface area contributed by atoms with Gasteiger partial charge in [-0.2, -0.15) is 0 Å². The van der Waals surface area contributed by atoms with E-state index in [0.29, 0.717) is 18.1 Å². The molecule has 1 saturated carbocycles. The molecule has 1 rings (SSSR count). The Morgan fingerprint density at radius 3 is 2.08 bits per heavy atom. The van der Waals surface area contributed by atoms with Crippen molar-refractivity contribution in [1.29, 1.82) is 0 Å². The Hall–Kier alpha value is 0.240. The molecule has 0 bridgehead atoms. The second-order valence-electron chi connectivity index (χ2n) is 3.25. The lowest BCUT2D eigenvalue weighted by Crippen LogP contribution is -2.27. The molecule has 0 amide bonds. The molecule has 0 aromatic heterocycles. The highest BCUT2D eigenvalue weighted by Crippen LogP contribution is 2.34. The molecule has 74 valence electrons. The van der Waals surface area contributed by atoms with Gasteiger partial charge in [0.1, 0.15) is 5.67 Å². The van der Waals surface area contributed by atoms with Crippen molar-refractivity contribution in [2.24, 2.45) is 5.14 Å². The zero-order valence-electron chi connectivity index (χ0n) is 8.27. The Balaban J connectivity index is 0.000000561. The second-order valence-corrected chi connectivity index (χ2v) is 4.19. The first-order valence-electron chi connectivity index (χ1n) is 4.68. The molecule has 1 aliphatic rings. The summed E-state index contributed by atoms with van der Waals surface area (Å²) in [4.78, 5) is 0. The van der Waals surface area contributed by atoms with Gasteiger partial charge in [-0.25, -0.2) is 4.39 Å². The van der Waals surface area contributed by atoms with Gasteiger partial charge in [0.15, 0.2) is 0 Å². The third kappa shape index (κ3) is 4.31. The number of alkyl halides is 1. The van der Waals surface area contributed by atoms with Crippen LogP contribution in [-0.2, 0) is 0 Å². The number of rotatable bonds is 1. The molecule has 2 N–H and O–H groups in total. The molecular weight excluding hydrogens is 173 g/mol.